The molecule has 1 unspecified atom stereocenters. The van der Waals surface area contributed by atoms with E-state index in [0.717, 1.165) is 35.2 Å². The maximum atomic E-state index is 12.9. The number of sulfonamides is 1. The molecule has 1 amide bonds. The number of fused-ring (bicyclic) bond motifs is 1. The van der Waals surface area contributed by atoms with Crippen LogP contribution in [-0.4, -0.2) is 27.7 Å². The van der Waals surface area contributed by atoms with E-state index in [9.17, 15) is 13.2 Å². The molecular formula is C20H20N2O5S. The third-order valence-corrected chi connectivity index (χ3v) is 6.99. The Morgan fingerprint density at radius 1 is 1.18 bits per heavy atom. The van der Waals surface area contributed by atoms with Gasteiger partial charge in [-0.2, -0.15) is 0 Å². The van der Waals surface area contributed by atoms with Gasteiger partial charge in [-0.05, 0) is 60.7 Å². The number of nitrogens with one attached hydrogen (secondary N) is 1. The molecule has 3 aliphatic heterocycles. The van der Waals surface area contributed by atoms with Crippen LogP contribution in [0, 0.1) is 0 Å². The summed E-state index contributed by atoms with van der Waals surface area (Å²) >= 11 is 0. The zero-order valence-electron chi connectivity index (χ0n) is 15.4. The van der Waals surface area contributed by atoms with Gasteiger partial charge in [0.05, 0.1) is 16.5 Å². The van der Waals surface area contributed by atoms with Crippen LogP contribution in [0.25, 0.3) is 0 Å². The highest BCUT2D eigenvalue weighted by molar-refractivity contribution is 7.89. The van der Waals surface area contributed by atoms with Crippen molar-refractivity contribution in [1.29, 1.82) is 0 Å². The van der Waals surface area contributed by atoms with Gasteiger partial charge < -0.3 is 14.4 Å². The number of carbonyl (C=O) groups excluding carboxylic acids is 1. The summed E-state index contributed by atoms with van der Waals surface area (Å²) in [7, 11) is -3.71. The summed E-state index contributed by atoms with van der Waals surface area (Å²) in [5, 5.41) is 0. The second-order valence-corrected chi connectivity index (χ2v) is 9.11. The Morgan fingerprint density at radius 2 is 2.00 bits per heavy atom. The molecule has 0 aromatic heterocycles. The maximum absolute atomic E-state index is 12.9. The molecule has 7 nitrogen and oxygen atoms in total. The zero-order chi connectivity index (χ0) is 19.5. The highest BCUT2D eigenvalue weighted by Gasteiger charge is 2.38. The van der Waals surface area contributed by atoms with E-state index in [1.165, 1.54) is 0 Å². The summed E-state index contributed by atoms with van der Waals surface area (Å²) in [6, 6.07) is 8.71. The molecular weight excluding hydrogens is 380 g/mol. The first-order valence-electron chi connectivity index (χ1n) is 9.30. The lowest BCUT2D eigenvalue weighted by atomic mass is 9.97. The zero-order valence-corrected chi connectivity index (χ0v) is 16.2. The second-order valence-electron chi connectivity index (χ2n) is 7.35. The van der Waals surface area contributed by atoms with Gasteiger partial charge in [-0.15, -0.1) is 0 Å². The molecule has 0 radical (unpaired) electrons. The fraction of sp³-hybridized carbons (Fsp3) is 0.350. The van der Waals surface area contributed by atoms with Crippen molar-refractivity contribution in [1.82, 2.24) is 4.72 Å². The monoisotopic (exact) mass is 400 g/mol. The van der Waals surface area contributed by atoms with Crippen molar-refractivity contribution >= 4 is 21.6 Å². The molecule has 3 heterocycles. The largest absolute Gasteiger partial charge is 0.454 e. The predicted octanol–water partition coefficient (Wildman–Crippen LogP) is 2.29. The van der Waals surface area contributed by atoms with Crippen LogP contribution in [0.4, 0.5) is 5.69 Å². The molecule has 0 spiro atoms. The van der Waals surface area contributed by atoms with Gasteiger partial charge in [0.1, 0.15) is 0 Å². The summed E-state index contributed by atoms with van der Waals surface area (Å²) in [6.07, 6.45) is 1.63. The van der Waals surface area contributed by atoms with Crippen LogP contribution in [0.2, 0.25) is 0 Å². The van der Waals surface area contributed by atoms with E-state index in [-0.39, 0.29) is 30.1 Å². The van der Waals surface area contributed by atoms with E-state index in [4.69, 9.17) is 9.47 Å². The minimum absolute atomic E-state index is 0.0545. The van der Waals surface area contributed by atoms with Gasteiger partial charge in [0.25, 0.3) is 0 Å². The summed E-state index contributed by atoms with van der Waals surface area (Å²) in [6.45, 7) is 2.87. The lowest BCUT2D eigenvalue weighted by Crippen LogP contribution is -2.32. The summed E-state index contributed by atoms with van der Waals surface area (Å²) < 4.78 is 39.1. The smallest absolute Gasteiger partial charge is 0.240 e. The van der Waals surface area contributed by atoms with Crippen LogP contribution in [0.3, 0.4) is 0 Å². The van der Waals surface area contributed by atoms with Crippen LogP contribution in [0.15, 0.2) is 35.2 Å². The Hall–Kier alpha value is -2.58. The third-order valence-electron chi connectivity index (χ3n) is 5.61. The van der Waals surface area contributed by atoms with Crippen molar-refractivity contribution < 1.29 is 22.7 Å². The van der Waals surface area contributed by atoms with E-state index in [1.54, 1.807) is 35.2 Å². The third kappa shape index (κ3) is 2.67. The number of aryl methyl sites for hydroxylation is 1. The number of anilines is 1. The van der Waals surface area contributed by atoms with Gasteiger partial charge in [-0.1, -0.05) is 6.07 Å². The van der Waals surface area contributed by atoms with Gasteiger partial charge in [0, 0.05) is 13.1 Å². The van der Waals surface area contributed by atoms with E-state index in [1.807, 2.05) is 6.92 Å². The van der Waals surface area contributed by atoms with Crippen molar-refractivity contribution in [3.05, 3.63) is 47.0 Å². The second kappa shape index (κ2) is 6.22. The molecule has 28 heavy (non-hydrogen) atoms. The molecule has 0 saturated heterocycles. The van der Waals surface area contributed by atoms with Crippen LogP contribution in [-0.2, 0) is 27.8 Å². The van der Waals surface area contributed by atoms with Gasteiger partial charge >= 0.3 is 0 Å². The fourth-order valence-electron chi connectivity index (χ4n) is 4.13. The van der Waals surface area contributed by atoms with Crippen LogP contribution < -0.4 is 19.1 Å². The Balaban J connectivity index is 1.43. The summed E-state index contributed by atoms with van der Waals surface area (Å²) in [4.78, 5) is 14.5. The number of hydrogen-bond donors (Lipinski definition) is 1. The maximum Gasteiger partial charge on any atom is 0.240 e. The molecule has 8 heteroatoms. The Labute approximate surface area is 163 Å². The van der Waals surface area contributed by atoms with Crippen molar-refractivity contribution in [2.45, 2.75) is 37.1 Å². The molecule has 0 saturated carbocycles. The number of amides is 1. The van der Waals surface area contributed by atoms with E-state index >= 15 is 0 Å². The number of hydrogen-bond acceptors (Lipinski definition) is 5. The highest BCUT2D eigenvalue weighted by Crippen LogP contribution is 2.43. The minimum Gasteiger partial charge on any atom is -0.454 e. The Kier molecular flexibility index (Phi) is 3.89. The summed E-state index contributed by atoms with van der Waals surface area (Å²) in [5.74, 6) is 1.02. The number of benzene rings is 2. The molecule has 2 aromatic carbocycles. The fourth-order valence-corrected chi connectivity index (χ4v) is 5.24. The lowest BCUT2D eigenvalue weighted by Gasteiger charge is -2.26. The quantitative estimate of drug-likeness (QED) is 0.851. The van der Waals surface area contributed by atoms with Crippen molar-refractivity contribution in [3.63, 3.8) is 0 Å². The van der Waals surface area contributed by atoms with Crippen molar-refractivity contribution in [3.8, 4) is 11.5 Å². The van der Waals surface area contributed by atoms with Crippen LogP contribution >= 0.6 is 0 Å². The first kappa shape index (κ1) is 17.5. The van der Waals surface area contributed by atoms with Gasteiger partial charge in [-0.3, -0.25) is 4.79 Å². The van der Waals surface area contributed by atoms with E-state index < -0.39 is 10.0 Å². The topological polar surface area (TPSA) is 84.9 Å². The number of nitrogens with zero attached hydrogens (tertiary/aromatic N) is 1. The van der Waals surface area contributed by atoms with Crippen molar-refractivity contribution in [2.75, 3.05) is 18.2 Å². The molecule has 2 aromatic rings. The Bertz CT molecular complexity index is 1100. The highest BCUT2D eigenvalue weighted by atomic mass is 32.2. The number of ether oxygens (including phenoxy) is 2. The molecule has 0 bridgehead atoms. The van der Waals surface area contributed by atoms with E-state index in [2.05, 4.69) is 4.72 Å². The minimum atomic E-state index is -3.71. The SMILES string of the molecule is CC1C(=O)N2CCCc3cc(S(=O)(=O)NCc4ccc5c(c4)OCO5)cc1c32. The standard InChI is InChI=1S/C20H20N2O5S/c1-12-16-9-15(8-14-3-2-6-22(19(14)16)20(12)23)28(24,25)21-10-13-4-5-17-18(7-13)27-11-26-17/h4-5,7-9,12,21H,2-3,6,10-11H2,1H3. The van der Waals surface area contributed by atoms with E-state index in [0.29, 0.717) is 18.0 Å². The lowest BCUT2D eigenvalue weighted by molar-refractivity contribution is -0.119. The molecule has 0 fully saturated rings. The molecule has 1 atom stereocenters. The van der Waals surface area contributed by atoms with Gasteiger partial charge in [-0.25, -0.2) is 13.1 Å². The number of carbonyl (C=O) groups is 1. The average molecular weight is 400 g/mol. The average Bonchev–Trinajstić information content (AvgIpc) is 3.26. The molecule has 3 aliphatic rings. The normalized spacial score (nSPS) is 19.8. The Morgan fingerprint density at radius 3 is 2.86 bits per heavy atom. The predicted molar refractivity (Wildman–Crippen MR) is 102 cm³/mol. The summed E-state index contributed by atoms with van der Waals surface area (Å²) in [5.41, 5.74) is 3.44. The number of rotatable bonds is 4. The molecule has 146 valence electrons. The molecule has 0 aliphatic carbocycles. The van der Waals surface area contributed by atoms with Crippen LogP contribution in [0.5, 0.6) is 11.5 Å². The first-order valence-corrected chi connectivity index (χ1v) is 10.8. The first-order chi connectivity index (χ1) is 13.4. The molecule has 5 rings (SSSR count). The van der Waals surface area contributed by atoms with Crippen molar-refractivity contribution in [2.24, 2.45) is 0 Å². The van der Waals surface area contributed by atoms with Gasteiger partial charge in [0.2, 0.25) is 22.7 Å². The van der Waals surface area contributed by atoms with Crippen LogP contribution in [0.1, 0.15) is 36.0 Å². The molecule has 1 N–H and O–H groups in total. The van der Waals surface area contributed by atoms with Gasteiger partial charge in [0.15, 0.2) is 11.5 Å².